The van der Waals surface area contributed by atoms with E-state index >= 15 is 0 Å². The van der Waals surface area contributed by atoms with Crippen LogP contribution in [0.15, 0.2) is 42.7 Å². The van der Waals surface area contributed by atoms with Crippen LogP contribution in [0.4, 0.5) is 0 Å². The van der Waals surface area contributed by atoms with Gasteiger partial charge in [-0.3, -0.25) is 0 Å². The Hall–Kier alpha value is -1.32. The molecule has 2 heterocycles. The number of nitrogens with zero attached hydrogens (tertiary/aromatic N) is 2. The van der Waals surface area contributed by atoms with Crippen LogP contribution in [0.2, 0.25) is 5.02 Å². The lowest BCUT2D eigenvalue weighted by Gasteiger charge is -2.02. The Labute approximate surface area is 127 Å². The summed E-state index contributed by atoms with van der Waals surface area (Å²) < 4.78 is 1.99. The molecule has 0 radical (unpaired) electrons. The van der Waals surface area contributed by atoms with Crippen LogP contribution in [-0.2, 0) is 0 Å². The first-order valence-electron chi connectivity index (χ1n) is 5.85. The quantitative estimate of drug-likeness (QED) is 0.654. The zero-order chi connectivity index (χ0) is 12.7. The fraction of sp³-hybridized carbons (Fsp3) is 0.133. The van der Waals surface area contributed by atoms with E-state index in [0.717, 1.165) is 11.3 Å². The highest BCUT2D eigenvalue weighted by Gasteiger charge is 2.07. The van der Waals surface area contributed by atoms with Gasteiger partial charge in [0.2, 0.25) is 0 Å². The first kappa shape index (κ1) is 14.1. The summed E-state index contributed by atoms with van der Waals surface area (Å²) in [5.74, 6) is 0. The molecule has 98 valence electrons. The summed E-state index contributed by atoms with van der Waals surface area (Å²) in [6, 6.07) is 10.1. The number of fused-ring (bicyclic) bond motifs is 1. The van der Waals surface area contributed by atoms with Crippen LogP contribution in [-0.4, -0.2) is 9.38 Å². The molecule has 2 nitrogen and oxygen atoms in total. The van der Waals surface area contributed by atoms with Crippen LogP contribution in [0.1, 0.15) is 11.1 Å². The Balaban J connectivity index is 0.00000133. The van der Waals surface area contributed by atoms with E-state index in [0.29, 0.717) is 5.02 Å². The van der Waals surface area contributed by atoms with E-state index in [-0.39, 0.29) is 17.0 Å². The Morgan fingerprint density at radius 2 is 1.89 bits per heavy atom. The summed E-state index contributed by atoms with van der Waals surface area (Å²) >= 11 is 5.97. The first-order chi connectivity index (χ1) is 8.63. The van der Waals surface area contributed by atoms with Crippen molar-refractivity contribution in [2.24, 2.45) is 0 Å². The van der Waals surface area contributed by atoms with Crippen LogP contribution in [0.3, 0.4) is 0 Å². The minimum Gasteiger partial charge on any atom is -1.00 e. The lowest BCUT2D eigenvalue weighted by atomic mass is 10.0. The number of aromatic nitrogens is 2. The molecule has 0 aliphatic rings. The summed E-state index contributed by atoms with van der Waals surface area (Å²) in [4.78, 5) is 4.61. The van der Waals surface area contributed by atoms with Gasteiger partial charge in [-0.1, -0.05) is 35.4 Å². The maximum absolute atomic E-state index is 5.97. The van der Waals surface area contributed by atoms with E-state index in [2.05, 4.69) is 37.0 Å². The monoisotopic (exact) mass is 335 g/mol. The molecule has 0 atom stereocenters. The van der Waals surface area contributed by atoms with Crippen molar-refractivity contribution in [2.45, 2.75) is 13.8 Å². The predicted octanol–water partition coefficient (Wildman–Crippen LogP) is 1.28. The zero-order valence-corrected chi connectivity index (χ0v) is 13.0. The maximum Gasteiger partial charge on any atom is 0.138 e. The molecule has 1 aromatic carbocycles. The predicted molar refractivity (Wildman–Crippen MR) is 75.1 cm³/mol. The summed E-state index contributed by atoms with van der Waals surface area (Å²) in [6.45, 7) is 4.21. The van der Waals surface area contributed by atoms with Gasteiger partial charge in [0.05, 0.1) is 5.69 Å². The van der Waals surface area contributed by atoms with Gasteiger partial charge in [0, 0.05) is 29.0 Å². The third kappa shape index (κ3) is 2.67. The number of rotatable bonds is 1. The van der Waals surface area contributed by atoms with Crippen molar-refractivity contribution in [2.75, 3.05) is 0 Å². The van der Waals surface area contributed by atoms with Gasteiger partial charge in [-0.2, -0.15) is 0 Å². The van der Waals surface area contributed by atoms with Gasteiger partial charge in [-0.05, 0) is 25.5 Å². The van der Waals surface area contributed by atoms with Gasteiger partial charge in [0.1, 0.15) is 5.65 Å². The van der Waals surface area contributed by atoms with E-state index in [1.165, 1.54) is 16.7 Å². The largest absolute Gasteiger partial charge is 1.00 e. The lowest BCUT2D eigenvalue weighted by molar-refractivity contribution is -0.00000373. The smallest absolute Gasteiger partial charge is 0.138 e. The molecule has 2 aromatic heterocycles. The standard InChI is InChI=1S/C15H13ClN2.BrH/c1-10-3-4-13(11(2)7-10)14-9-18-6-5-12(16)8-15(18)17-14;/h3-9H,1-2H3;1H/p-1. The van der Waals surface area contributed by atoms with Gasteiger partial charge < -0.3 is 21.4 Å². The number of benzene rings is 1. The molecule has 4 heteroatoms. The van der Waals surface area contributed by atoms with Crippen LogP contribution in [0.25, 0.3) is 16.9 Å². The fourth-order valence-electron chi connectivity index (χ4n) is 2.19. The summed E-state index contributed by atoms with van der Waals surface area (Å²) in [7, 11) is 0. The molecule has 0 N–H and O–H groups in total. The highest BCUT2D eigenvalue weighted by Crippen LogP contribution is 2.24. The molecule has 0 aliphatic heterocycles. The molecule has 0 spiro atoms. The first-order valence-corrected chi connectivity index (χ1v) is 6.23. The van der Waals surface area contributed by atoms with Crippen molar-refractivity contribution < 1.29 is 17.0 Å². The molecule has 0 fully saturated rings. The van der Waals surface area contributed by atoms with Crippen LogP contribution < -0.4 is 17.0 Å². The molecular weight excluding hydrogens is 324 g/mol. The SMILES string of the molecule is Cc1ccc(-c2cn3ccc(Cl)cc3n2)c(C)c1.[Br-]. The molecule has 0 unspecified atom stereocenters. The van der Waals surface area contributed by atoms with Gasteiger partial charge in [-0.25, -0.2) is 4.98 Å². The molecule has 0 amide bonds. The summed E-state index contributed by atoms with van der Waals surface area (Å²) in [5.41, 5.74) is 5.53. The Morgan fingerprint density at radius 1 is 1.11 bits per heavy atom. The second-order valence-corrected chi connectivity index (χ2v) is 4.99. The molecule has 3 rings (SSSR count). The zero-order valence-electron chi connectivity index (χ0n) is 10.7. The third-order valence-electron chi connectivity index (χ3n) is 3.08. The van der Waals surface area contributed by atoms with Gasteiger partial charge in [0.15, 0.2) is 0 Å². The Kier molecular flexibility index (Phi) is 3.97. The molecule has 0 saturated carbocycles. The Morgan fingerprint density at radius 3 is 2.63 bits per heavy atom. The van der Waals surface area contributed by atoms with E-state index in [9.17, 15) is 0 Å². The van der Waals surface area contributed by atoms with E-state index < -0.39 is 0 Å². The van der Waals surface area contributed by atoms with Gasteiger partial charge in [-0.15, -0.1) is 0 Å². The summed E-state index contributed by atoms with van der Waals surface area (Å²) in [6.07, 6.45) is 3.96. The van der Waals surface area contributed by atoms with Gasteiger partial charge >= 0.3 is 0 Å². The molecule has 3 aromatic rings. The number of halogens is 2. The van der Waals surface area contributed by atoms with Crippen molar-refractivity contribution in [3.05, 3.63) is 58.9 Å². The molecule has 0 saturated heterocycles. The van der Waals surface area contributed by atoms with Crippen molar-refractivity contribution in [1.82, 2.24) is 9.38 Å². The lowest BCUT2D eigenvalue weighted by Crippen LogP contribution is -3.00. The minimum absolute atomic E-state index is 0. The highest BCUT2D eigenvalue weighted by molar-refractivity contribution is 6.30. The normalized spacial score (nSPS) is 10.5. The van der Waals surface area contributed by atoms with Crippen molar-refractivity contribution in [3.8, 4) is 11.3 Å². The van der Waals surface area contributed by atoms with Crippen LogP contribution >= 0.6 is 11.6 Å². The Bertz CT molecular complexity index is 734. The topological polar surface area (TPSA) is 17.3 Å². The molecule has 19 heavy (non-hydrogen) atoms. The van der Waals surface area contributed by atoms with E-state index in [4.69, 9.17) is 11.6 Å². The number of hydrogen-bond donors (Lipinski definition) is 0. The van der Waals surface area contributed by atoms with E-state index in [1.807, 2.05) is 28.9 Å². The third-order valence-corrected chi connectivity index (χ3v) is 3.32. The van der Waals surface area contributed by atoms with E-state index in [1.54, 1.807) is 0 Å². The second-order valence-electron chi connectivity index (χ2n) is 4.55. The fourth-order valence-corrected chi connectivity index (χ4v) is 2.34. The average Bonchev–Trinajstić information content (AvgIpc) is 2.71. The van der Waals surface area contributed by atoms with Gasteiger partial charge in [0.25, 0.3) is 0 Å². The maximum atomic E-state index is 5.97. The summed E-state index contributed by atoms with van der Waals surface area (Å²) in [5, 5.41) is 0.709. The van der Waals surface area contributed by atoms with Crippen LogP contribution in [0.5, 0.6) is 0 Å². The van der Waals surface area contributed by atoms with Crippen LogP contribution in [0, 0.1) is 13.8 Å². The number of aryl methyl sites for hydroxylation is 2. The minimum atomic E-state index is 0. The molecule has 0 bridgehead atoms. The second kappa shape index (κ2) is 5.35. The number of pyridine rings is 1. The number of imidazole rings is 1. The molecule has 0 aliphatic carbocycles. The average molecular weight is 337 g/mol. The van der Waals surface area contributed by atoms with Crippen molar-refractivity contribution in [3.63, 3.8) is 0 Å². The number of hydrogen-bond acceptors (Lipinski definition) is 1. The molecular formula is C15H13BrClN2-. The van der Waals surface area contributed by atoms with Crippen molar-refractivity contribution in [1.29, 1.82) is 0 Å². The highest BCUT2D eigenvalue weighted by atomic mass is 79.9. The van der Waals surface area contributed by atoms with Crippen molar-refractivity contribution >= 4 is 17.2 Å².